The predicted molar refractivity (Wildman–Crippen MR) is 357 cm³/mol. The number of hydrogen-bond acceptors (Lipinski definition) is 8. The second-order valence-corrected chi connectivity index (χ2v) is 29.6. The van der Waals surface area contributed by atoms with Crippen LogP contribution >= 0.6 is 78.0 Å². The van der Waals surface area contributed by atoms with Gasteiger partial charge in [0.2, 0.25) is 0 Å². The van der Waals surface area contributed by atoms with Gasteiger partial charge in [-0.25, -0.2) is 0 Å². The number of aromatic nitrogens is 4. The molecule has 0 aliphatic heterocycles. The molecule has 0 radical (unpaired) electrons. The van der Waals surface area contributed by atoms with Crippen molar-refractivity contribution in [2.75, 3.05) is 0 Å². The molecule has 0 amide bonds. The zero-order chi connectivity index (χ0) is 54.3. The smallest absolute Gasteiger partial charge is 0.113 e. The molecule has 4 aromatic carbocycles. The maximum absolute atomic E-state index is 5.10. The molecule has 4 heterocycles. The molecule has 8 aromatic rings. The molecule has 426 valence electrons. The Hall–Kier alpha value is -2.08. The van der Waals surface area contributed by atoms with Crippen LogP contribution < -0.4 is 0 Å². The van der Waals surface area contributed by atoms with E-state index in [-0.39, 0.29) is 0 Å². The fourth-order valence-electron chi connectivity index (χ4n) is 12.9. The number of thiophene rings is 2. The van der Waals surface area contributed by atoms with Gasteiger partial charge in [-0.3, -0.25) is 0 Å². The van der Waals surface area contributed by atoms with Crippen molar-refractivity contribution in [3.63, 3.8) is 0 Å². The van der Waals surface area contributed by atoms with Crippen LogP contribution in [-0.2, 0) is 12.8 Å². The molecule has 4 aromatic heterocycles. The number of benzene rings is 4. The quantitative estimate of drug-likeness (QED) is 0.0283. The third-order valence-electron chi connectivity index (χ3n) is 17.5. The van der Waals surface area contributed by atoms with Gasteiger partial charge < -0.3 is 0 Å². The summed E-state index contributed by atoms with van der Waals surface area (Å²) in [6.45, 7) is 9.27. The lowest BCUT2D eigenvalue weighted by Crippen LogP contribution is -2.05. The molecule has 0 aliphatic rings. The monoisotopic (exact) mass is 1250 g/mol. The average Bonchev–Trinajstić information content (AvgIpc) is 3.77. The summed E-state index contributed by atoms with van der Waals surface area (Å²) >= 11 is 14.8. The van der Waals surface area contributed by atoms with Crippen molar-refractivity contribution in [1.82, 2.24) is 17.5 Å². The lowest BCUT2D eigenvalue weighted by atomic mass is 9.88. The van der Waals surface area contributed by atoms with E-state index in [2.05, 4.69) is 96.0 Å². The van der Waals surface area contributed by atoms with Gasteiger partial charge in [0.15, 0.2) is 0 Å². The standard InChI is InChI=1S/C68H96Br2N4S4/c1-5-9-13-17-21-25-29-33-37-49(38-34-30-26-22-18-14-10-6-2)41-53-47-59(75-67(53)69)51-43-55-61-56(44-51)64-66(74-78-72-64)58-46-52(45-57(62(58)61)65-63(55)71-77-73-65)60-48-54(68(70)76-60)42-50(39-35-31-27-23-19-15-11-7-3)40-36-32-28-24-20-16-12-8-4/h43-50H,5-42H2,1-4H3. The third kappa shape index (κ3) is 17.5. The van der Waals surface area contributed by atoms with Crippen LogP contribution in [0.3, 0.4) is 0 Å². The number of fused-ring (bicyclic) bond motifs is 6. The summed E-state index contributed by atoms with van der Waals surface area (Å²) in [4.78, 5) is 2.62. The minimum atomic E-state index is 0.730. The van der Waals surface area contributed by atoms with Crippen molar-refractivity contribution >= 4 is 132 Å². The van der Waals surface area contributed by atoms with E-state index >= 15 is 0 Å². The lowest BCUT2D eigenvalue weighted by molar-refractivity contribution is 0.400. The highest BCUT2D eigenvalue weighted by atomic mass is 79.9. The van der Waals surface area contributed by atoms with Crippen LogP contribution in [0.4, 0.5) is 0 Å². The van der Waals surface area contributed by atoms with Gasteiger partial charge in [-0.2, -0.15) is 17.5 Å². The first kappa shape index (κ1) is 62.0. The van der Waals surface area contributed by atoms with Gasteiger partial charge in [0, 0.05) is 42.1 Å². The predicted octanol–water partition coefficient (Wildman–Crippen LogP) is 26.0. The van der Waals surface area contributed by atoms with Crippen LogP contribution in [0.25, 0.3) is 75.3 Å². The van der Waals surface area contributed by atoms with Crippen molar-refractivity contribution < 1.29 is 0 Å². The molecule has 10 heteroatoms. The van der Waals surface area contributed by atoms with Crippen LogP contribution in [0, 0.1) is 11.8 Å². The minimum Gasteiger partial charge on any atom is -0.172 e. The number of nitrogens with zero attached hydrogens (tertiary/aromatic N) is 4. The zero-order valence-corrected chi connectivity index (χ0v) is 55.1. The fraction of sp³-hybridized carbons (Fsp3) is 0.647. The minimum absolute atomic E-state index is 0.730. The molecule has 8 rings (SSSR count). The highest BCUT2D eigenvalue weighted by Gasteiger charge is 2.25. The van der Waals surface area contributed by atoms with E-state index in [9.17, 15) is 0 Å². The SMILES string of the molecule is CCCCCCCCCCC(CCCCCCCCCC)Cc1cc(-c2cc3c4nsnc4c4cc(-c5cc(CC(CCCCCCCCCC)CCCCCCCCCC)c(Br)s5)cc5c6nsnc6c(c2)c3c45)sc1Br. The summed E-state index contributed by atoms with van der Waals surface area (Å²) < 4.78 is 23.0. The molecule has 0 spiro atoms. The van der Waals surface area contributed by atoms with Crippen molar-refractivity contribution in [1.29, 1.82) is 0 Å². The van der Waals surface area contributed by atoms with Crippen molar-refractivity contribution in [2.24, 2.45) is 11.8 Å². The van der Waals surface area contributed by atoms with Crippen LogP contribution in [0.15, 0.2) is 44.0 Å². The topological polar surface area (TPSA) is 51.6 Å². The van der Waals surface area contributed by atoms with Crippen LogP contribution in [-0.4, -0.2) is 17.5 Å². The van der Waals surface area contributed by atoms with E-state index in [0.717, 1.165) is 46.7 Å². The Balaban J connectivity index is 1.03. The number of rotatable bonds is 42. The van der Waals surface area contributed by atoms with Crippen molar-refractivity contribution in [2.45, 2.75) is 272 Å². The molecule has 0 atom stereocenters. The van der Waals surface area contributed by atoms with E-state index < -0.39 is 0 Å². The van der Waals surface area contributed by atoms with Gasteiger partial charge in [0.1, 0.15) is 22.1 Å². The van der Waals surface area contributed by atoms with E-state index in [1.54, 1.807) is 0 Å². The number of unbranched alkanes of at least 4 members (excludes halogenated alkanes) is 28. The largest absolute Gasteiger partial charge is 0.172 e. The van der Waals surface area contributed by atoms with Crippen LogP contribution in [0.2, 0.25) is 0 Å². The average molecular weight is 1260 g/mol. The Bertz CT molecular complexity index is 2630. The molecule has 4 nitrogen and oxygen atoms in total. The normalized spacial score (nSPS) is 12.4. The maximum atomic E-state index is 5.10. The van der Waals surface area contributed by atoms with Crippen molar-refractivity contribution in [3.05, 3.63) is 55.1 Å². The maximum Gasteiger partial charge on any atom is 0.113 e. The summed E-state index contributed by atoms with van der Waals surface area (Å²) in [5.74, 6) is 1.46. The molecule has 0 bridgehead atoms. The van der Waals surface area contributed by atoms with Crippen molar-refractivity contribution in [3.8, 4) is 20.9 Å². The highest BCUT2D eigenvalue weighted by Crippen LogP contribution is 2.49. The Morgan fingerprint density at radius 2 is 0.577 bits per heavy atom. The van der Waals surface area contributed by atoms with Gasteiger partial charge in [-0.05, 0) is 115 Å². The Morgan fingerprint density at radius 1 is 0.333 bits per heavy atom. The van der Waals surface area contributed by atoms with E-state index in [1.165, 1.54) is 327 Å². The molecule has 78 heavy (non-hydrogen) atoms. The summed E-state index contributed by atoms with van der Waals surface area (Å²) in [6.07, 6.45) is 52.0. The van der Waals surface area contributed by atoms with E-state index in [4.69, 9.17) is 17.5 Å². The first-order chi connectivity index (χ1) is 38.4. The van der Waals surface area contributed by atoms with Gasteiger partial charge in [0.25, 0.3) is 0 Å². The Labute approximate surface area is 505 Å². The molecule has 0 aliphatic carbocycles. The zero-order valence-electron chi connectivity index (χ0n) is 48.7. The van der Waals surface area contributed by atoms with E-state index in [0.29, 0.717) is 0 Å². The third-order valence-corrected chi connectivity index (χ3v) is 22.6. The summed E-state index contributed by atoms with van der Waals surface area (Å²) in [5, 5.41) is 7.22. The fourth-order valence-corrected chi connectivity index (χ4v) is 17.5. The summed E-state index contributed by atoms with van der Waals surface area (Å²) in [5.41, 5.74) is 9.45. The Morgan fingerprint density at radius 3 is 0.833 bits per heavy atom. The number of hydrogen-bond donors (Lipinski definition) is 0. The molecule has 0 unspecified atom stereocenters. The second-order valence-electron chi connectivity index (χ2n) is 23.8. The molecule has 0 N–H and O–H groups in total. The summed E-state index contributed by atoms with van der Waals surface area (Å²) in [7, 11) is 0. The van der Waals surface area contributed by atoms with Gasteiger partial charge in [0.05, 0.1) is 31.0 Å². The van der Waals surface area contributed by atoms with Crippen LogP contribution in [0.5, 0.6) is 0 Å². The Kier molecular flexibility index (Phi) is 26.9. The second kappa shape index (κ2) is 33.9. The van der Waals surface area contributed by atoms with E-state index in [1.807, 2.05) is 22.7 Å². The van der Waals surface area contributed by atoms with Gasteiger partial charge in [-0.15, -0.1) is 22.7 Å². The number of halogens is 2. The lowest BCUT2D eigenvalue weighted by Gasteiger charge is -2.17. The molecular weight excluding hydrogens is 1160 g/mol. The van der Waals surface area contributed by atoms with Gasteiger partial charge >= 0.3 is 0 Å². The van der Waals surface area contributed by atoms with Crippen LogP contribution in [0.1, 0.15) is 270 Å². The molecular formula is C68H96Br2N4S4. The molecule has 0 saturated carbocycles. The first-order valence-corrected chi connectivity index (χ1v) is 36.7. The molecule has 0 saturated heterocycles. The first-order valence-electron chi connectivity index (χ1n) is 32.0. The summed E-state index contributed by atoms with van der Waals surface area (Å²) in [6, 6.07) is 14.7. The molecule has 0 fully saturated rings. The highest BCUT2D eigenvalue weighted by molar-refractivity contribution is 9.11. The van der Waals surface area contributed by atoms with Gasteiger partial charge in [-0.1, -0.05) is 259 Å².